The first kappa shape index (κ1) is 19.0. The third kappa shape index (κ3) is 3.93. The molecule has 29 heavy (non-hydrogen) atoms. The average Bonchev–Trinajstić information content (AvgIpc) is 3.14. The number of hydrogen-bond donors (Lipinski definition) is 0. The van der Waals surface area contributed by atoms with E-state index >= 15 is 0 Å². The fraction of sp³-hybridized carbons (Fsp3) is 0.0870. The van der Waals surface area contributed by atoms with Gasteiger partial charge in [0.2, 0.25) is 5.89 Å². The zero-order chi connectivity index (χ0) is 20.3. The van der Waals surface area contributed by atoms with Crippen molar-refractivity contribution in [1.29, 1.82) is 0 Å². The van der Waals surface area contributed by atoms with Gasteiger partial charge in [0.1, 0.15) is 11.5 Å². The van der Waals surface area contributed by atoms with E-state index in [0.29, 0.717) is 23.0 Å². The van der Waals surface area contributed by atoms with Gasteiger partial charge in [-0.2, -0.15) is 0 Å². The second kappa shape index (κ2) is 7.93. The van der Waals surface area contributed by atoms with Crippen LogP contribution in [0.3, 0.4) is 0 Å². The van der Waals surface area contributed by atoms with Crippen molar-refractivity contribution in [3.63, 3.8) is 0 Å². The molecular formula is C23H20N2O3S. The lowest BCUT2D eigenvalue weighted by Crippen LogP contribution is -2.31. The van der Waals surface area contributed by atoms with Gasteiger partial charge in [0.05, 0.1) is 17.1 Å². The molecule has 0 saturated carbocycles. The third-order valence-corrected chi connectivity index (χ3v) is 6.37. The maximum atomic E-state index is 13.4. The molecule has 4 aromatic rings. The normalized spacial score (nSPS) is 11.3. The molecule has 1 aromatic heterocycles. The van der Waals surface area contributed by atoms with Crippen LogP contribution in [-0.4, -0.2) is 13.4 Å². The summed E-state index contributed by atoms with van der Waals surface area (Å²) in [5, 5.41) is 0. The van der Waals surface area contributed by atoms with Crippen LogP contribution in [-0.2, 0) is 16.6 Å². The second-order valence-corrected chi connectivity index (χ2v) is 8.41. The fourth-order valence-corrected chi connectivity index (χ4v) is 4.49. The van der Waals surface area contributed by atoms with Crippen molar-refractivity contribution in [1.82, 2.24) is 4.98 Å². The van der Waals surface area contributed by atoms with Crippen LogP contribution in [0.15, 0.2) is 100 Å². The van der Waals surface area contributed by atoms with Crippen LogP contribution in [0.2, 0.25) is 0 Å². The zero-order valence-electron chi connectivity index (χ0n) is 15.9. The largest absolute Gasteiger partial charge is 0.441 e. The summed E-state index contributed by atoms with van der Waals surface area (Å²) < 4.78 is 34.0. The highest BCUT2D eigenvalue weighted by molar-refractivity contribution is 7.92. The van der Waals surface area contributed by atoms with Gasteiger partial charge in [-0.1, -0.05) is 54.6 Å². The highest BCUT2D eigenvalue weighted by Crippen LogP contribution is 2.28. The Hall–Kier alpha value is -3.38. The lowest BCUT2D eigenvalue weighted by molar-refractivity contribution is 0.539. The summed E-state index contributed by atoms with van der Waals surface area (Å²) >= 11 is 0. The Kier molecular flexibility index (Phi) is 5.18. The lowest BCUT2D eigenvalue weighted by Gasteiger charge is -2.24. The molecule has 146 valence electrons. The van der Waals surface area contributed by atoms with Crippen molar-refractivity contribution >= 4 is 15.7 Å². The molecule has 0 fully saturated rings. The molecule has 0 N–H and O–H groups in total. The molecule has 0 aliphatic rings. The maximum Gasteiger partial charge on any atom is 0.264 e. The van der Waals surface area contributed by atoms with Gasteiger partial charge in [0.15, 0.2) is 0 Å². The third-order valence-electron chi connectivity index (χ3n) is 4.58. The first-order valence-corrected chi connectivity index (χ1v) is 10.6. The maximum absolute atomic E-state index is 13.4. The lowest BCUT2D eigenvalue weighted by atomic mass is 10.2. The number of hydrogen-bond acceptors (Lipinski definition) is 4. The summed E-state index contributed by atoms with van der Waals surface area (Å²) in [6.45, 7) is 1.87. The standard InChI is InChI=1S/C23H20N2O3S/c1-18-22(24-23(28-18)19-11-5-2-6-12-19)17-25(20-13-7-3-8-14-20)29(26,27)21-15-9-4-10-16-21/h2-16H,17H2,1H3. The van der Waals surface area contributed by atoms with Gasteiger partial charge in [-0.05, 0) is 43.3 Å². The highest BCUT2D eigenvalue weighted by atomic mass is 32.2. The molecule has 0 bridgehead atoms. The van der Waals surface area contributed by atoms with Crippen LogP contribution in [0.1, 0.15) is 11.5 Å². The number of rotatable bonds is 6. The molecule has 0 spiro atoms. The molecule has 3 aromatic carbocycles. The van der Waals surface area contributed by atoms with Crippen LogP contribution < -0.4 is 4.31 Å². The van der Waals surface area contributed by atoms with Gasteiger partial charge in [-0.25, -0.2) is 13.4 Å². The van der Waals surface area contributed by atoms with Crippen molar-refractivity contribution in [2.75, 3.05) is 4.31 Å². The number of aromatic nitrogens is 1. The smallest absolute Gasteiger partial charge is 0.264 e. The minimum absolute atomic E-state index is 0.0728. The van der Waals surface area contributed by atoms with Crippen LogP contribution in [0.4, 0.5) is 5.69 Å². The van der Waals surface area contributed by atoms with Crippen molar-refractivity contribution in [3.05, 3.63) is 102 Å². The van der Waals surface area contributed by atoms with E-state index in [1.54, 1.807) is 49.4 Å². The molecule has 0 unspecified atom stereocenters. The number of benzene rings is 3. The van der Waals surface area contributed by atoms with Crippen LogP contribution in [0.5, 0.6) is 0 Å². The molecule has 0 aliphatic carbocycles. The fourth-order valence-electron chi connectivity index (χ4n) is 3.04. The molecular weight excluding hydrogens is 384 g/mol. The van der Waals surface area contributed by atoms with E-state index < -0.39 is 10.0 Å². The Morgan fingerprint density at radius 1 is 0.828 bits per heavy atom. The summed E-state index contributed by atoms with van der Waals surface area (Å²) in [5.74, 6) is 1.07. The van der Waals surface area contributed by atoms with Crippen LogP contribution in [0.25, 0.3) is 11.5 Å². The molecule has 0 amide bonds. The topological polar surface area (TPSA) is 63.4 Å². The molecule has 0 radical (unpaired) electrons. The zero-order valence-corrected chi connectivity index (χ0v) is 16.7. The number of oxazole rings is 1. The van der Waals surface area contributed by atoms with E-state index in [1.807, 2.05) is 48.5 Å². The van der Waals surface area contributed by atoms with E-state index in [-0.39, 0.29) is 11.4 Å². The van der Waals surface area contributed by atoms with Gasteiger partial charge in [-0.15, -0.1) is 0 Å². The minimum atomic E-state index is -3.77. The van der Waals surface area contributed by atoms with Crippen LogP contribution >= 0.6 is 0 Å². The quantitative estimate of drug-likeness (QED) is 0.451. The van der Waals surface area contributed by atoms with Crippen molar-refractivity contribution < 1.29 is 12.8 Å². The highest BCUT2D eigenvalue weighted by Gasteiger charge is 2.27. The molecule has 0 atom stereocenters. The number of sulfonamides is 1. The summed E-state index contributed by atoms with van der Waals surface area (Å²) in [6, 6.07) is 27.0. The molecule has 6 heteroatoms. The first-order valence-electron chi connectivity index (χ1n) is 9.20. The molecule has 0 saturated heterocycles. The van der Waals surface area contributed by atoms with Gasteiger partial charge in [-0.3, -0.25) is 4.31 Å². The Bertz CT molecular complexity index is 1190. The van der Waals surface area contributed by atoms with Gasteiger partial charge in [0.25, 0.3) is 10.0 Å². The predicted octanol–water partition coefficient (Wildman–Crippen LogP) is 5.05. The van der Waals surface area contributed by atoms with Crippen molar-refractivity contribution in [3.8, 4) is 11.5 Å². The van der Waals surface area contributed by atoms with Gasteiger partial charge >= 0.3 is 0 Å². The monoisotopic (exact) mass is 404 g/mol. The number of nitrogens with zero attached hydrogens (tertiary/aromatic N) is 2. The van der Waals surface area contributed by atoms with E-state index in [2.05, 4.69) is 4.98 Å². The molecule has 5 nitrogen and oxygen atoms in total. The van der Waals surface area contributed by atoms with Gasteiger partial charge < -0.3 is 4.42 Å². The first-order chi connectivity index (χ1) is 14.1. The molecule has 4 rings (SSSR count). The Labute approximate surface area is 170 Å². The van der Waals surface area contributed by atoms with Crippen molar-refractivity contribution in [2.24, 2.45) is 0 Å². The van der Waals surface area contributed by atoms with E-state index in [9.17, 15) is 8.42 Å². The Morgan fingerprint density at radius 2 is 1.38 bits per heavy atom. The summed E-state index contributed by atoms with van der Waals surface area (Å²) in [5.41, 5.74) is 1.99. The SMILES string of the molecule is Cc1oc(-c2ccccc2)nc1CN(c1ccccc1)S(=O)(=O)c1ccccc1. The van der Waals surface area contributed by atoms with Crippen LogP contribution in [0, 0.1) is 6.92 Å². The van der Waals surface area contributed by atoms with Crippen molar-refractivity contribution in [2.45, 2.75) is 18.4 Å². The molecule has 1 heterocycles. The minimum Gasteiger partial charge on any atom is -0.441 e. The van der Waals surface area contributed by atoms with E-state index in [0.717, 1.165) is 5.56 Å². The Balaban J connectivity index is 1.75. The summed E-state index contributed by atoms with van der Waals surface area (Å²) in [6.07, 6.45) is 0. The summed E-state index contributed by atoms with van der Waals surface area (Å²) in [7, 11) is -3.77. The van der Waals surface area contributed by atoms with E-state index in [1.165, 1.54) is 4.31 Å². The molecule has 0 aliphatic heterocycles. The number of para-hydroxylation sites is 1. The Morgan fingerprint density at radius 3 is 2.00 bits per heavy atom. The van der Waals surface area contributed by atoms with E-state index in [4.69, 9.17) is 4.42 Å². The average molecular weight is 404 g/mol. The summed E-state index contributed by atoms with van der Waals surface area (Å²) in [4.78, 5) is 4.81. The predicted molar refractivity (Wildman–Crippen MR) is 113 cm³/mol. The number of aryl methyl sites for hydroxylation is 1. The van der Waals surface area contributed by atoms with Gasteiger partial charge in [0, 0.05) is 5.56 Å². The second-order valence-electron chi connectivity index (χ2n) is 6.55. The number of anilines is 1.